The molecule has 68 valence electrons. The van der Waals surface area contributed by atoms with E-state index in [2.05, 4.69) is 31.5 Å². The van der Waals surface area contributed by atoms with Crippen LogP contribution in [0.3, 0.4) is 0 Å². The molecule has 0 atom stereocenters. The Bertz CT molecular complexity index is 498. The van der Waals surface area contributed by atoms with Gasteiger partial charge in [-0.2, -0.15) is 9.94 Å². The molecule has 1 heterocycles. The molecule has 6 heteroatoms. The highest BCUT2D eigenvalue weighted by Gasteiger charge is 2.08. The quantitative estimate of drug-likeness (QED) is 0.764. The number of halogens is 1. The third-order valence-electron chi connectivity index (χ3n) is 1.65. The second kappa shape index (κ2) is 3.55. The minimum Gasteiger partial charge on any atom is -0.189 e. The Morgan fingerprint density at radius 3 is 2.86 bits per heavy atom. The van der Waals surface area contributed by atoms with Crippen LogP contribution in [0.15, 0.2) is 28.7 Å². The van der Waals surface area contributed by atoms with E-state index in [9.17, 15) is 0 Å². The van der Waals surface area contributed by atoms with Crippen molar-refractivity contribution >= 4 is 15.9 Å². The third kappa shape index (κ3) is 1.38. The smallest absolute Gasteiger partial charge is 0.189 e. The van der Waals surface area contributed by atoms with Crippen LogP contribution in [0.5, 0.6) is 0 Å². The molecule has 1 aromatic carbocycles. The van der Waals surface area contributed by atoms with Gasteiger partial charge < -0.3 is 0 Å². The summed E-state index contributed by atoms with van der Waals surface area (Å²) in [6, 6.07) is 9.32. The van der Waals surface area contributed by atoms with Crippen LogP contribution in [0.2, 0.25) is 0 Å². The minimum absolute atomic E-state index is 0.164. The molecule has 0 fully saturated rings. The molecule has 0 aliphatic heterocycles. The summed E-state index contributed by atoms with van der Waals surface area (Å²) in [5.41, 5.74) is 0.744. The molecule has 0 bridgehead atoms. The van der Waals surface area contributed by atoms with E-state index in [1.54, 1.807) is 0 Å². The molecule has 5 nitrogen and oxygen atoms in total. The summed E-state index contributed by atoms with van der Waals surface area (Å²) in [6.07, 6.45) is 0. The van der Waals surface area contributed by atoms with Crippen molar-refractivity contribution in [2.45, 2.75) is 0 Å². The highest BCUT2D eigenvalue weighted by Crippen LogP contribution is 2.19. The van der Waals surface area contributed by atoms with Crippen LogP contribution in [0.4, 0.5) is 0 Å². The average Bonchev–Trinajstić information content (AvgIpc) is 2.66. The largest absolute Gasteiger partial charge is 0.257 e. The molecule has 0 aliphatic rings. The van der Waals surface area contributed by atoms with Crippen molar-refractivity contribution in [3.63, 3.8) is 0 Å². The average molecular weight is 250 g/mol. The first kappa shape index (κ1) is 8.84. The molecular weight excluding hydrogens is 246 g/mol. The fourth-order valence-electron chi connectivity index (χ4n) is 1.04. The fraction of sp³-hybridized carbons (Fsp3) is 0. The predicted octanol–water partition coefficient (Wildman–Crippen LogP) is 1.30. The lowest BCUT2D eigenvalue weighted by atomic mass is 10.3. The summed E-state index contributed by atoms with van der Waals surface area (Å²) in [4.78, 5) is 0. The van der Waals surface area contributed by atoms with Crippen molar-refractivity contribution < 1.29 is 0 Å². The van der Waals surface area contributed by atoms with Gasteiger partial charge in [-0.25, -0.2) is 0 Å². The summed E-state index contributed by atoms with van der Waals surface area (Å²) >= 11 is 3.36. The predicted molar refractivity (Wildman–Crippen MR) is 51.6 cm³/mol. The summed E-state index contributed by atoms with van der Waals surface area (Å²) in [7, 11) is 0. The van der Waals surface area contributed by atoms with Crippen molar-refractivity contribution in [1.29, 1.82) is 5.26 Å². The maximum atomic E-state index is 8.73. The number of aromatic nitrogens is 4. The van der Waals surface area contributed by atoms with Crippen molar-refractivity contribution in [2.24, 2.45) is 0 Å². The molecule has 0 radical (unpaired) electrons. The van der Waals surface area contributed by atoms with Gasteiger partial charge in [-0.1, -0.05) is 17.2 Å². The number of tetrazole rings is 1. The Morgan fingerprint density at radius 1 is 1.36 bits per heavy atom. The summed E-state index contributed by atoms with van der Waals surface area (Å²) in [5, 5.41) is 19.5. The van der Waals surface area contributed by atoms with Gasteiger partial charge in [0, 0.05) is 4.47 Å². The maximum Gasteiger partial charge on any atom is 0.257 e. The van der Waals surface area contributed by atoms with Crippen molar-refractivity contribution in [3.8, 4) is 11.8 Å². The van der Waals surface area contributed by atoms with E-state index in [0.717, 1.165) is 10.2 Å². The molecule has 0 amide bonds. The minimum atomic E-state index is 0.164. The molecule has 14 heavy (non-hydrogen) atoms. The number of nitriles is 1. The van der Waals surface area contributed by atoms with Crippen LogP contribution in [0, 0.1) is 11.3 Å². The lowest BCUT2D eigenvalue weighted by Crippen LogP contribution is -2.00. The third-order valence-corrected chi connectivity index (χ3v) is 2.32. The Morgan fingerprint density at radius 2 is 2.14 bits per heavy atom. The number of rotatable bonds is 1. The molecular formula is C8H4BrN5. The van der Waals surface area contributed by atoms with Gasteiger partial charge >= 0.3 is 0 Å². The molecule has 1 aromatic heterocycles. The first-order valence-corrected chi connectivity index (χ1v) is 4.55. The molecule has 0 saturated carbocycles. The number of benzene rings is 1. The number of para-hydroxylation sites is 1. The van der Waals surface area contributed by atoms with Crippen LogP contribution in [0.1, 0.15) is 5.82 Å². The summed E-state index contributed by atoms with van der Waals surface area (Å²) in [5.74, 6) is 0.164. The lowest BCUT2D eigenvalue weighted by molar-refractivity contribution is 0.783. The Balaban J connectivity index is 2.62. The molecule has 2 rings (SSSR count). The Labute approximate surface area is 88.1 Å². The zero-order valence-electron chi connectivity index (χ0n) is 6.92. The van der Waals surface area contributed by atoms with Gasteiger partial charge in [0.25, 0.3) is 5.82 Å². The van der Waals surface area contributed by atoms with Crippen LogP contribution in [-0.4, -0.2) is 20.2 Å². The van der Waals surface area contributed by atoms with Crippen LogP contribution in [0.25, 0.3) is 5.69 Å². The highest BCUT2D eigenvalue weighted by molar-refractivity contribution is 9.10. The standard InChI is InChI=1S/C8H4BrN5/c9-6-3-1-2-4-7(6)14-8(5-10)11-12-13-14/h1-4H. The number of nitrogens with zero attached hydrogens (tertiary/aromatic N) is 5. The first-order chi connectivity index (χ1) is 6.83. The zero-order valence-corrected chi connectivity index (χ0v) is 8.51. The van der Waals surface area contributed by atoms with Crippen molar-refractivity contribution in [3.05, 3.63) is 34.6 Å². The monoisotopic (exact) mass is 249 g/mol. The fourth-order valence-corrected chi connectivity index (χ4v) is 1.50. The van der Waals surface area contributed by atoms with Gasteiger partial charge in [-0.05, 0) is 38.5 Å². The van der Waals surface area contributed by atoms with E-state index in [-0.39, 0.29) is 5.82 Å². The normalized spacial score (nSPS) is 9.71. The van der Waals surface area contributed by atoms with Crippen LogP contribution in [-0.2, 0) is 0 Å². The Kier molecular flexibility index (Phi) is 2.24. The van der Waals surface area contributed by atoms with E-state index in [1.165, 1.54) is 4.68 Å². The van der Waals surface area contributed by atoms with E-state index < -0.39 is 0 Å². The second-order valence-corrected chi connectivity index (χ2v) is 3.33. The van der Waals surface area contributed by atoms with E-state index >= 15 is 0 Å². The summed E-state index contributed by atoms with van der Waals surface area (Å²) < 4.78 is 2.22. The van der Waals surface area contributed by atoms with Crippen LogP contribution >= 0.6 is 15.9 Å². The zero-order chi connectivity index (χ0) is 9.97. The van der Waals surface area contributed by atoms with Gasteiger partial charge in [0.1, 0.15) is 6.07 Å². The molecule has 0 spiro atoms. The highest BCUT2D eigenvalue weighted by atomic mass is 79.9. The second-order valence-electron chi connectivity index (χ2n) is 2.48. The molecule has 0 N–H and O–H groups in total. The van der Waals surface area contributed by atoms with Gasteiger partial charge in [0.2, 0.25) is 0 Å². The molecule has 2 aromatic rings. The lowest BCUT2D eigenvalue weighted by Gasteiger charge is -2.01. The molecule has 0 saturated heterocycles. The van der Waals surface area contributed by atoms with Crippen molar-refractivity contribution in [1.82, 2.24) is 20.2 Å². The SMILES string of the molecule is N#Cc1nnnn1-c1ccccc1Br. The number of hydrogen-bond donors (Lipinski definition) is 0. The van der Waals surface area contributed by atoms with E-state index in [1.807, 2.05) is 30.3 Å². The van der Waals surface area contributed by atoms with Gasteiger partial charge in [0.15, 0.2) is 0 Å². The van der Waals surface area contributed by atoms with E-state index in [4.69, 9.17) is 5.26 Å². The first-order valence-electron chi connectivity index (χ1n) is 3.76. The van der Waals surface area contributed by atoms with Crippen LogP contribution < -0.4 is 0 Å². The Hall–Kier alpha value is -1.74. The topological polar surface area (TPSA) is 67.4 Å². The van der Waals surface area contributed by atoms with Crippen molar-refractivity contribution in [2.75, 3.05) is 0 Å². The van der Waals surface area contributed by atoms with Gasteiger partial charge in [0.05, 0.1) is 5.69 Å². The number of hydrogen-bond acceptors (Lipinski definition) is 4. The van der Waals surface area contributed by atoms with Gasteiger partial charge in [-0.15, -0.1) is 0 Å². The molecule has 0 aliphatic carbocycles. The van der Waals surface area contributed by atoms with E-state index in [0.29, 0.717) is 0 Å². The van der Waals surface area contributed by atoms with Gasteiger partial charge in [-0.3, -0.25) is 0 Å². The summed E-state index contributed by atoms with van der Waals surface area (Å²) in [6.45, 7) is 0. The maximum absolute atomic E-state index is 8.73. The molecule has 0 unspecified atom stereocenters.